The molecule has 2 amide bonds. The minimum absolute atomic E-state index is 0.0390. The van der Waals surface area contributed by atoms with Crippen LogP contribution in [0.5, 0.6) is 0 Å². The SMILES string of the molecule is Cc1nc(-c2cccc(C#CC3(O)CCN(C)C3=O)c2)nc(C(N)=O)c1N. The summed E-state index contributed by atoms with van der Waals surface area (Å²) in [5.74, 6) is 4.64. The number of amides is 2. The van der Waals surface area contributed by atoms with Gasteiger partial charge >= 0.3 is 0 Å². The van der Waals surface area contributed by atoms with E-state index in [4.69, 9.17) is 11.5 Å². The van der Waals surface area contributed by atoms with Gasteiger partial charge in [-0.2, -0.15) is 0 Å². The Labute approximate surface area is 156 Å². The predicted octanol–water partition coefficient (Wildman–Crippen LogP) is 0.0778. The number of rotatable bonds is 2. The molecule has 1 aromatic heterocycles. The summed E-state index contributed by atoms with van der Waals surface area (Å²) in [4.78, 5) is 33.4. The molecule has 0 saturated carbocycles. The number of aryl methyl sites for hydroxylation is 1. The first-order valence-corrected chi connectivity index (χ1v) is 8.27. The molecule has 1 fully saturated rings. The van der Waals surface area contributed by atoms with Crippen LogP contribution < -0.4 is 11.5 Å². The minimum atomic E-state index is -1.67. The normalized spacial score (nSPS) is 18.9. The summed E-state index contributed by atoms with van der Waals surface area (Å²) in [7, 11) is 1.62. The maximum Gasteiger partial charge on any atom is 0.269 e. The second-order valence-electron chi connectivity index (χ2n) is 6.43. The van der Waals surface area contributed by atoms with Crippen molar-refractivity contribution in [1.29, 1.82) is 0 Å². The van der Waals surface area contributed by atoms with E-state index in [-0.39, 0.29) is 23.6 Å². The molecule has 0 bridgehead atoms. The van der Waals surface area contributed by atoms with Gasteiger partial charge in [0, 0.05) is 31.1 Å². The first-order valence-electron chi connectivity index (χ1n) is 8.27. The van der Waals surface area contributed by atoms with Crippen LogP contribution in [0.2, 0.25) is 0 Å². The van der Waals surface area contributed by atoms with Crippen molar-refractivity contribution in [3.05, 3.63) is 41.2 Å². The summed E-state index contributed by atoms with van der Waals surface area (Å²) in [6.07, 6.45) is 0.261. The van der Waals surface area contributed by atoms with E-state index in [1.807, 2.05) is 0 Å². The van der Waals surface area contributed by atoms with Crippen LogP contribution in [0.15, 0.2) is 24.3 Å². The van der Waals surface area contributed by atoms with Crippen molar-refractivity contribution in [2.45, 2.75) is 18.9 Å². The van der Waals surface area contributed by atoms with Gasteiger partial charge in [-0.05, 0) is 19.1 Å². The third kappa shape index (κ3) is 3.45. The molecule has 0 radical (unpaired) electrons. The zero-order chi connectivity index (χ0) is 19.8. The summed E-state index contributed by atoms with van der Waals surface area (Å²) in [6, 6.07) is 6.94. The number of aromatic nitrogens is 2. The van der Waals surface area contributed by atoms with Crippen LogP contribution in [0.25, 0.3) is 11.4 Å². The van der Waals surface area contributed by atoms with Crippen LogP contribution in [0.3, 0.4) is 0 Å². The molecule has 2 heterocycles. The zero-order valence-corrected chi connectivity index (χ0v) is 15.0. The van der Waals surface area contributed by atoms with E-state index in [0.717, 1.165) is 0 Å². The van der Waals surface area contributed by atoms with E-state index in [2.05, 4.69) is 21.8 Å². The molecule has 3 rings (SSSR count). The highest BCUT2D eigenvalue weighted by Gasteiger charge is 2.42. The lowest BCUT2D eigenvalue weighted by atomic mass is 10.0. The van der Waals surface area contributed by atoms with Crippen molar-refractivity contribution in [3.63, 3.8) is 0 Å². The second-order valence-corrected chi connectivity index (χ2v) is 6.43. The van der Waals surface area contributed by atoms with Gasteiger partial charge < -0.3 is 21.5 Å². The topological polar surface area (TPSA) is 135 Å². The van der Waals surface area contributed by atoms with Crippen LogP contribution in [0, 0.1) is 18.8 Å². The number of primary amides is 1. The number of nitrogen functional groups attached to an aromatic ring is 1. The van der Waals surface area contributed by atoms with E-state index in [9.17, 15) is 14.7 Å². The number of hydrogen-bond acceptors (Lipinski definition) is 6. The van der Waals surface area contributed by atoms with Crippen molar-refractivity contribution in [1.82, 2.24) is 14.9 Å². The molecule has 1 aromatic carbocycles. The highest BCUT2D eigenvalue weighted by Crippen LogP contribution is 2.23. The van der Waals surface area contributed by atoms with Gasteiger partial charge in [0.15, 0.2) is 11.5 Å². The Morgan fingerprint density at radius 3 is 2.74 bits per heavy atom. The molecule has 138 valence electrons. The lowest BCUT2D eigenvalue weighted by Crippen LogP contribution is -2.37. The number of aliphatic hydroxyl groups is 1. The van der Waals surface area contributed by atoms with Gasteiger partial charge in [0.1, 0.15) is 0 Å². The Bertz CT molecular complexity index is 1010. The van der Waals surface area contributed by atoms with Crippen molar-refractivity contribution in [2.24, 2.45) is 5.73 Å². The highest BCUT2D eigenvalue weighted by molar-refractivity contribution is 5.96. The molecular formula is C19H19N5O3. The van der Waals surface area contributed by atoms with Gasteiger partial charge in [0.05, 0.1) is 11.4 Å². The number of carbonyl (C=O) groups is 2. The second kappa shape index (κ2) is 6.70. The molecule has 1 aliphatic rings. The number of nitrogens with zero attached hydrogens (tertiary/aromatic N) is 3. The van der Waals surface area contributed by atoms with Gasteiger partial charge in [-0.1, -0.05) is 24.0 Å². The summed E-state index contributed by atoms with van der Waals surface area (Å²) in [5, 5.41) is 10.4. The standard InChI is InChI=1S/C19H19N5O3/c1-11-14(20)15(16(21)25)23-17(22-11)13-5-3-4-12(10-13)6-7-19(27)8-9-24(2)18(19)26/h3-5,10,27H,8-9,20H2,1-2H3,(H2,21,25). The summed E-state index contributed by atoms with van der Waals surface area (Å²) >= 11 is 0. The van der Waals surface area contributed by atoms with Gasteiger partial charge in [0.25, 0.3) is 11.8 Å². The monoisotopic (exact) mass is 365 g/mol. The Morgan fingerprint density at radius 2 is 2.11 bits per heavy atom. The van der Waals surface area contributed by atoms with E-state index in [0.29, 0.717) is 23.4 Å². The molecule has 1 saturated heterocycles. The summed E-state index contributed by atoms with van der Waals surface area (Å²) in [6.45, 7) is 2.12. The van der Waals surface area contributed by atoms with Gasteiger partial charge in [0.2, 0.25) is 5.60 Å². The lowest BCUT2D eigenvalue weighted by Gasteiger charge is -2.13. The average Bonchev–Trinajstić information content (AvgIpc) is 2.90. The smallest absolute Gasteiger partial charge is 0.269 e. The van der Waals surface area contributed by atoms with Crippen LogP contribution in [0.1, 0.15) is 28.2 Å². The van der Waals surface area contributed by atoms with Crippen molar-refractivity contribution >= 4 is 17.5 Å². The molecule has 8 heteroatoms. The first-order chi connectivity index (χ1) is 12.7. The van der Waals surface area contributed by atoms with Crippen LogP contribution in [0.4, 0.5) is 5.69 Å². The third-order valence-corrected chi connectivity index (χ3v) is 4.41. The number of benzene rings is 1. The van der Waals surface area contributed by atoms with Gasteiger partial charge in [-0.3, -0.25) is 9.59 Å². The fourth-order valence-electron chi connectivity index (χ4n) is 2.78. The summed E-state index contributed by atoms with van der Waals surface area (Å²) in [5.41, 5.74) is 11.2. The first kappa shape index (κ1) is 18.4. The number of nitrogens with two attached hydrogens (primary N) is 2. The minimum Gasteiger partial charge on any atom is -0.395 e. The quantitative estimate of drug-likeness (QED) is 0.645. The van der Waals surface area contributed by atoms with Crippen molar-refractivity contribution < 1.29 is 14.7 Å². The third-order valence-electron chi connectivity index (χ3n) is 4.41. The number of anilines is 1. The van der Waals surface area contributed by atoms with E-state index in [1.54, 1.807) is 38.2 Å². The highest BCUT2D eigenvalue weighted by atomic mass is 16.3. The largest absolute Gasteiger partial charge is 0.395 e. The number of hydrogen-bond donors (Lipinski definition) is 3. The van der Waals surface area contributed by atoms with Gasteiger partial charge in [-0.15, -0.1) is 0 Å². The fourth-order valence-corrected chi connectivity index (χ4v) is 2.78. The molecule has 0 aliphatic carbocycles. The zero-order valence-electron chi connectivity index (χ0n) is 15.0. The lowest BCUT2D eigenvalue weighted by molar-refractivity contribution is -0.137. The number of likely N-dealkylation sites (N-methyl/N-ethyl adjacent to an activating group) is 1. The fraction of sp³-hybridized carbons (Fsp3) is 0.263. The van der Waals surface area contributed by atoms with E-state index in [1.165, 1.54) is 4.90 Å². The molecule has 1 atom stereocenters. The van der Waals surface area contributed by atoms with E-state index < -0.39 is 17.4 Å². The average molecular weight is 365 g/mol. The molecule has 2 aromatic rings. The number of likely N-dealkylation sites (tertiary alicyclic amines) is 1. The van der Waals surface area contributed by atoms with Crippen LogP contribution in [-0.4, -0.2) is 51.0 Å². The molecule has 1 unspecified atom stereocenters. The maximum absolute atomic E-state index is 12.0. The van der Waals surface area contributed by atoms with Crippen LogP contribution in [-0.2, 0) is 4.79 Å². The van der Waals surface area contributed by atoms with E-state index >= 15 is 0 Å². The molecular weight excluding hydrogens is 346 g/mol. The Hall–Kier alpha value is -3.44. The molecule has 1 aliphatic heterocycles. The molecule has 27 heavy (non-hydrogen) atoms. The predicted molar refractivity (Wildman–Crippen MR) is 99.2 cm³/mol. The molecule has 8 nitrogen and oxygen atoms in total. The Balaban J connectivity index is 1.98. The Morgan fingerprint density at radius 1 is 1.37 bits per heavy atom. The molecule has 0 spiro atoms. The van der Waals surface area contributed by atoms with Crippen molar-refractivity contribution in [2.75, 3.05) is 19.3 Å². The number of carbonyl (C=O) groups excluding carboxylic acids is 2. The molecule has 5 N–H and O–H groups in total. The summed E-state index contributed by atoms with van der Waals surface area (Å²) < 4.78 is 0. The van der Waals surface area contributed by atoms with Crippen molar-refractivity contribution in [3.8, 4) is 23.2 Å². The van der Waals surface area contributed by atoms with Gasteiger partial charge in [-0.25, -0.2) is 9.97 Å². The maximum atomic E-state index is 12.0. The Kier molecular flexibility index (Phi) is 4.56. The van der Waals surface area contributed by atoms with Crippen LogP contribution >= 0.6 is 0 Å².